The molecule has 0 aliphatic heterocycles. The number of para-hydroxylation sites is 1. The molecule has 0 atom stereocenters. The van der Waals surface area contributed by atoms with Gasteiger partial charge in [-0.05, 0) is 19.1 Å². The van der Waals surface area contributed by atoms with Gasteiger partial charge in [0.05, 0.1) is 21.5 Å². The van der Waals surface area contributed by atoms with Crippen LogP contribution in [-0.2, 0) is 0 Å². The predicted octanol–water partition coefficient (Wildman–Crippen LogP) is 3.06. The third-order valence-electron chi connectivity index (χ3n) is 3.05. The minimum Gasteiger partial charge on any atom is -0.322 e. The number of nitro benzene ring substituents is 2. The van der Waals surface area contributed by atoms with Crippen LogP contribution in [0.4, 0.5) is 17.1 Å². The Balaban J connectivity index is 2.47. The lowest BCUT2D eigenvalue weighted by Gasteiger charge is -2.08. The second-order valence-corrected chi connectivity index (χ2v) is 4.47. The van der Waals surface area contributed by atoms with Gasteiger partial charge in [0, 0.05) is 17.3 Å². The zero-order valence-corrected chi connectivity index (χ0v) is 11.5. The minimum absolute atomic E-state index is 0.0732. The van der Waals surface area contributed by atoms with Gasteiger partial charge < -0.3 is 5.32 Å². The summed E-state index contributed by atoms with van der Waals surface area (Å²) in [5.74, 6) is -0.643. The normalized spacial score (nSPS) is 10.0. The van der Waals surface area contributed by atoms with E-state index in [1.54, 1.807) is 30.3 Å². The molecule has 0 radical (unpaired) electrons. The van der Waals surface area contributed by atoms with E-state index in [0.29, 0.717) is 5.69 Å². The number of anilines is 1. The molecule has 2 rings (SSSR count). The van der Waals surface area contributed by atoms with Gasteiger partial charge >= 0.3 is 0 Å². The first kappa shape index (κ1) is 15.1. The van der Waals surface area contributed by atoms with Crippen molar-refractivity contribution in [1.29, 1.82) is 0 Å². The number of carbonyl (C=O) groups is 1. The molecule has 0 aromatic heterocycles. The molecule has 0 bridgehead atoms. The molecule has 0 saturated heterocycles. The van der Waals surface area contributed by atoms with Gasteiger partial charge in [-0.25, -0.2) is 0 Å². The van der Waals surface area contributed by atoms with Gasteiger partial charge in [0.15, 0.2) is 0 Å². The van der Waals surface area contributed by atoms with Crippen molar-refractivity contribution in [2.24, 2.45) is 0 Å². The topological polar surface area (TPSA) is 115 Å². The van der Waals surface area contributed by atoms with Crippen LogP contribution in [0.5, 0.6) is 0 Å². The maximum atomic E-state index is 12.2. The number of hydrogen-bond donors (Lipinski definition) is 1. The molecule has 0 saturated carbocycles. The van der Waals surface area contributed by atoms with Crippen molar-refractivity contribution >= 4 is 23.0 Å². The smallest absolute Gasteiger partial charge is 0.279 e. The van der Waals surface area contributed by atoms with Crippen LogP contribution in [0.3, 0.4) is 0 Å². The zero-order valence-electron chi connectivity index (χ0n) is 11.5. The Bertz CT molecular complexity index is 759. The lowest BCUT2D eigenvalue weighted by molar-refractivity contribution is -0.394. The highest BCUT2D eigenvalue weighted by atomic mass is 16.6. The molecular formula is C14H11N3O5. The molecule has 8 nitrogen and oxygen atoms in total. The molecule has 0 heterocycles. The summed E-state index contributed by atoms with van der Waals surface area (Å²) in [5.41, 5.74) is -0.516. The highest BCUT2D eigenvalue weighted by Gasteiger charge is 2.24. The molecule has 112 valence electrons. The van der Waals surface area contributed by atoms with Gasteiger partial charge in [0.2, 0.25) is 0 Å². The van der Waals surface area contributed by atoms with E-state index in [2.05, 4.69) is 5.32 Å². The summed E-state index contributed by atoms with van der Waals surface area (Å²) in [7, 11) is 0. The number of amides is 1. The lowest BCUT2D eigenvalue weighted by atomic mass is 10.0. The number of nitrogens with zero attached hydrogens (tertiary/aromatic N) is 2. The second kappa shape index (κ2) is 6.00. The van der Waals surface area contributed by atoms with E-state index in [9.17, 15) is 25.0 Å². The fourth-order valence-electron chi connectivity index (χ4n) is 1.93. The summed E-state index contributed by atoms with van der Waals surface area (Å²) >= 11 is 0. The number of benzene rings is 2. The standard InChI is InChI=1S/C14H11N3O5/c1-9-12(14(18)15-10-5-3-2-4-6-10)7-11(16(19)20)8-13(9)17(21)22/h2-8H,1H3,(H,15,18). The second-order valence-electron chi connectivity index (χ2n) is 4.47. The van der Waals surface area contributed by atoms with Crippen LogP contribution in [0.2, 0.25) is 0 Å². The molecule has 2 aromatic rings. The molecule has 1 N–H and O–H groups in total. The third kappa shape index (κ3) is 3.06. The fraction of sp³-hybridized carbons (Fsp3) is 0.0714. The number of hydrogen-bond acceptors (Lipinski definition) is 5. The number of nitrogens with one attached hydrogen (secondary N) is 1. The van der Waals surface area contributed by atoms with Crippen molar-refractivity contribution < 1.29 is 14.6 Å². The van der Waals surface area contributed by atoms with Crippen molar-refractivity contribution in [1.82, 2.24) is 0 Å². The molecule has 0 aliphatic carbocycles. The summed E-state index contributed by atoms with van der Waals surface area (Å²) in [6.07, 6.45) is 0. The average Bonchev–Trinajstić information content (AvgIpc) is 2.47. The third-order valence-corrected chi connectivity index (χ3v) is 3.05. The monoisotopic (exact) mass is 301 g/mol. The molecular weight excluding hydrogens is 290 g/mol. The maximum absolute atomic E-state index is 12.2. The quantitative estimate of drug-likeness (QED) is 0.688. The van der Waals surface area contributed by atoms with Crippen LogP contribution < -0.4 is 5.32 Å². The van der Waals surface area contributed by atoms with Crippen LogP contribution in [0.15, 0.2) is 42.5 Å². The Kier molecular flexibility index (Phi) is 4.12. The van der Waals surface area contributed by atoms with Crippen molar-refractivity contribution in [3.8, 4) is 0 Å². The Morgan fingerprint density at radius 2 is 1.68 bits per heavy atom. The van der Waals surface area contributed by atoms with E-state index in [1.807, 2.05) is 0 Å². The van der Waals surface area contributed by atoms with Gasteiger partial charge in [-0.3, -0.25) is 25.0 Å². The molecule has 1 amide bonds. The number of non-ortho nitro benzene ring substituents is 1. The predicted molar refractivity (Wildman–Crippen MR) is 78.9 cm³/mol. The van der Waals surface area contributed by atoms with Gasteiger partial charge in [-0.2, -0.15) is 0 Å². The summed E-state index contributed by atoms with van der Waals surface area (Å²) in [4.78, 5) is 32.6. The largest absolute Gasteiger partial charge is 0.322 e. The molecule has 22 heavy (non-hydrogen) atoms. The molecule has 0 aliphatic rings. The van der Waals surface area contributed by atoms with E-state index in [1.165, 1.54) is 6.92 Å². The van der Waals surface area contributed by atoms with Crippen LogP contribution in [0, 0.1) is 27.2 Å². The molecule has 2 aromatic carbocycles. The summed E-state index contributed by atoms with van der Waals surface area (Å²) in [6.45, 7) is 1.38. The first-order valence-corrected chi connectivity index (χ1v) is 6.20. The van der Waals surface area contributed by atoms with Gasteiger partial charge in [-0.15, -0.1) is 0 Å². The first-order chi connectivity index (χ1) is 10.4. The zero-order chi connectivity index (χ0) is 16.3. The van der Waals surface area contributed by atoms with Crippen molar-refractivity contribution in [2.75, 3.05) is 5.32 Å². The fourth-order valence-corrected chi connectivity index (χ4v) is 1.93. The summed E-state index contributed by atoms with van der Waals surface area (Å²) < 4.78 is 0. The van der Waals surface area contributed by atoms with Crippen molar-refractivity contribution in [3.05, 3.63) is 73.8 Å². The molecule has 0 unspecified atom stereocenters. The van der Waals surface area contributed by atoms with Crippen LogP contribution >= 0.6 is 0 Å². The van der Waals surface area contributed by atoms with Gasteiger partial charge in [0.25, 0.3) is 17.3 Å². The molecule has 8 heteroatoms. The Morgan fingerprint density at radius 3 is 2.23 bits per heavy atom. The Labute approximate surface area is 124 Å². The van der Waals surface area contributed by atoms with E-state index in [0.717, 1.165) is 12.1 Å². The summed E-state index contributed by atoms with van der Waals surface area (Å²) in [5, 5.41) is 24.4. The lowest BCUT2D eigenvalue weighted by Crippen LogP contribution is -2.14. The highest BCUT2D eigenvalue weighted by Crippen LogP contribution is 2.28. The Morgan fingerprint density at radius 1 is 1.05 bits per heavy atom. The van der Waals surface area contributed by atoms with Gasteiger partial charge in [0.1, 0.15) is 0 Å². The minimum atomic E-state index is -0.772. The number of carbonyl (C=O) groups excluding carboxylic acids is 1. The number of nitro groups is 2. The van der Waals surface area contributed by atoms with Crippen LogP contribution in [-0.4, -0.2) is 15.8 Å². The highest BCUT2D eigenvalue weighted by molar-refractivity contribution is 6.06. The van der Waals surface area contributed by atoms with Crippen LogP contribution in [0.1, 0.15) is 15.9 Å². The maximum Gasteiger partial charge on any atom is 0.279 e. The van der Waals surface area contributed by atoms with E-state index in [4.69, 9.17) is 0 Å². The molecule has 0 spiro atoms. The van der Waals surface area contributed by atoms with Gasteiger partial charge in [-0.1, -0.05) is 18.2 Å². The number of rotatable bonds is 4. The van der Waals surface area contributed by atoms with Crippen molar-refractivity contribution in [3.63, 3.8) is 0 Å². The van der Waals surface area contributed by atoms with E-state index in [-0.39, 0.29) is 11.1 Å². The SMILES string of the molecule is Cc1c(C(=O)Nc2ccccc2)cc([N+](=O)[O-])cc1[N+](=O)[O-]. The Hall–Kier alpha value is -3.29. The average molecular weight is 301 g/mol. The first-order valence-electron chi connectivity index (χ1n) is 6.20. The molecule has 0 fully saturated rings. The van der Waals surface area contributed by atoms with E-state index >= 15 is 0 Å². The van der Waals surface area contributed by atoms with E-state index < -0.39 is 27.1 Å². The van der Waals surface area contributed by atoms with Crippen molar-refractivity contribution in [2.45, 2.75) is 6.92 Å². The summed E-state index contributed by atoms with van der Waals surface area (Å²) in [6, 6.07) is 10.3. The van der Waals surface area contributed by atoms with Crippen LogP contribution in [0.25, 0.3) is 0 Å².